The van der Waals surface area contributed by atoms with Gasteiger partial charge in [-0.2, -0.15) is 4.31 Å². The standard InChI is InChI=1S/C17H21N3O5S2/c1-11-6-8-19(9-7-11)27(23,24)14-4-5-16(15(10-14)20(21)22)26-17-18-12(2)13(3)25-17/h4-5,10-11H,6-9H2,1-3H3. The molecule has 3 rings (SSSR count). The fourth-order valence-electron chi connectivity index (χ4n) is 2.84. The topological polar surface area (TPSA) is 107 Å². The lowest BCUT2D eigenvalue weighted by Crippen LogP contribution is -2.37. The number of sulfonamides is 1. The van der Waals surface area contributed by atoms with Gasteiger partial charge in [-0.15, -0.1) is 0 Å². The molecule has 1 aromatic heterocycles. The molecule has 10 heteroatoms. The number of hydrogen-bond acceptors (Lipinski definition) is 7. The van der Waals surface area contributed by atoms with E-state index in [1.807, 2.05) is 0 Å². The van der Waals surface area contributed by atoms with E-state index in [-0.39, 0.29) is 20.7 Å². The Morgan fingerprint density at radius 2 is 1.96 bits per heavy atom. The number of nitro groups is 1. The summed E-state index contributed by atoms with van der Waals surface area (Å²) in [6.45, 7) is 6.50. The highest BCUT2D eigenvalue weighted by atomic mass is 32.2. The van der Waals surface area contributed by atoms with Crippen molar-refractivity contribution in [1.82, 2.24) is 9.29 Å². The van der Waals surface area contributed by atoms with E-state index in [9.17, 15) is 18.5 Å². The van der Waals surface area contributed by atoms with E-state index in [0.717, 1.165) is 30.7 Å². The summed E-state index contributed by atoms with van der Waals surface area (Å²) >= 11 is 1.00. The molecule has 0 bridgehead atoms. The fraction of sp³-hybridized carbons (Fsp3) is 0.471. The lowest BCUT2D eigenvalue weighted by Gasteiger charge is -2.29. The third-order valence-electron chi connectivity index (χ3n) is 4.71. The summed E-state index contributed by atoms with van der Waals surface area (Å²) in [6.07, 6.45) is 1.58. The van der Waals surface area contributed by atoms with Gasteiger partial charge in [0.25, 0.3) is 10.9 Å². The van der Waals surface area contributed by atoms with Crippen molar-refractivity contribution in [2.75, 3.05) is 13.1 Å². The minimum Gasteiger partial charge on any atom is -0.436 e. The summed E-state index contributed by atoms with van der Waals surface area (Å²) in [7, 11) is -3.75. The minimum atomic E-state index is -3.75. The molecule has 0 spiro atoms. The number of nitrogens with zero attached hydrogens (tertiary/aromatic N) is 3. The SMILES string of the molecule is Cc1nc(Sc2ccc(S(=O)(=O)N3CCC(C)CC3)cc2[N+](=O)[O-])oc1C. The Labute approximate surface area is 162 Å². The maximum atomic E-state index is 12.9. The summed E-state index contributed by atoms with van der Waals surface area (Å²) in [5.41, 5.74) is 0.429. The first-order valence-electron chi connectivity index (χ1n) is 8.59. The van der Waals surface area contributed by atoms with Crippen LogP contribution in [0.25, 0.3) is 0 Å². The van der Waals surface area contributed by atoms with E-state index >= 15 is 0 Å². The van der Waals surface area contributed by atoms with Crippen LogP contribution in [-0.4, -0.2) is 35.7 Å². The van der Waals surface area contributed by atoms with Gasteiger partial charge in [0.15, 0.2) is 0 Å². The maximum absolute atomic E-state index is 12.9. The Kier molecular flexibility index (Phi) is 5.59. The van der Waals surface area contributed by atoms with Gasteiger partial charge >= 0.3 is 0 Å². The van der Waals surface area contributed by atoms with E-state index < -0.39 is 14.9 Å². The minimum absolute atomic E-state index is 0.0622. The van der Waals surface area contributed by atoms with Gasteiger partial charge in [0.2, 0.25) is 10.0 Å². The molecule has 0 unspecified atom stereocenters. The second-order valence-corrected chi connectivity index (χ2v) is 9.63. The second kappa shape index (κ2) is 7.61. The molecule has 1 saturated heterocycles. The molecule has 1 aromatic carbocycles. The Morgan fingerprint density at radius 1 is 1.30 bits per heavy atom. The van der Waals surface area contributed by atoms with Gasteiger partial charge < -0.3 is 4.42 Å². The Morgan fingerprint density at radius 3 is 2.52 bits per heavy atom. The van der Waals surface area contributed by atoms with E-state index in [1.54, 1.807) is 13.8 Å². The van der Waals surface area contributed by atoms with Gasteiger partial charge in [0, 0.05) is 19.2 Å². The predicted octanol–water partition coefficient (Wildman–Crippen LogP) is 3.77. The maximum Gasteiger partial charge on any atom is 0.284 e. The van der Waals surface area contributed by atoms with Crippen molar-refractivity contribution in [2.45, 2.75) is 48.6 Å². The molecular weight excluding hydrogens is 390 g/mol. The average molecular weight is 412 g/mol. The number of piperidine rings is 1. The molecule has 0 saturated carbocycles. The van der Waals surface area contributed by atoms with Crippen molar-refractivity contribution < 1.29 is 17.8 Å². The zero-order chi connectivity index (χ0) is 19.8. The van der Waals surface area contributed by atoms with Crippen LogP contribution < -0.4 is 0 Å². The van der Waals surface area contributed by atoms with E-state index in [2.05, 4.69) is 11.9 Å². The van der Waals surface area contributed by atoms with E-state index in [1.165, 1.54) is 16.4 Å². The van der Waals surface area contributed by atoms with Crippen LogP contribution in [0.2, 0.25) is 0 Å². The van der Waals surface area contributed by atoms with Crippen LogP contribution >= 0.6 is 11.8 Å². The molecule has 146 valence electrons. The average Bonchev–Trinajstić information content (AvgIpc) is 2.92. The third-order valence-corrected chi connectivity index (χ3v) is 7.52. The van der Waals surface area contributed by atoms with Crippen molar-refractivity contribution in [3.63, 3.8) is 0 Å². The van der Waals surface area contributed by atoms with Gasteiger partial charge in [-0.25, -0.2) is 13.4 Å². The summed E-state index contributed by atoms with van der Waals surface area (Å²) in [6, 6.07) is 3.97. The van der Waals surface area contributed by atoms with Gasteiger partial charge in [0.1, 0.15) is 5.76 Å². The first kappa shape index (κ1) is 19.8. The van der Waals surface area contributed by atoms with Crippen LogP contribution in [0.1, 0.15) is 31.2 Å². The summed E-state index contributed by atoms with van der Waals surface area (Å²) in [5, 5.41) is 11.8. The molecule has 0 radical (unpaired) electrons. The number of aryl methyl sites for hydroxylation is 2. The number of aromatic nitrogens is 1. The molecule has 0 amide bonds. The molecule has 1 aliphatic rings. The smallest absolute Gasteiger partial charge is 0.284 e. The lowest BCUT2D eigenvalue weighted by atomic mass is 10.0. The van der Waals surface area contributed by atoms with Gasteiger partial charge in [-0.05, 0) is 56.5 Å². The van der Waals surface area contributed by atoms with Gasteiger partial charge in [-0.1, -0.05) is 6.92 Å². The van der Waals surface area contributed by atoms with Crippen LogP contribution in [0, 0.1) is 29.9 Å². The summed E-state index contributed by atoms with van der Waals surface area (Å²) in [4.78, 5) is 15.4. The lowest BCUT2D eigenvalue weighted by molar-refractivity contribution is -0.388. The van der Waals surface area contributed by atoms with Gasteiger partial charge in [0.05, 0.1) is 20.4 Å². The molecular formula is C17H21N3O5S2. The van der Waals surface area contributed by atoms with Crippen molar-refractivity contribution in [3.8, 4) is 0 Å². The van der Waals surface area contributed by atoms with Crippen molar-refractivity contribution in [3.05, 3.63) is 39.8 Å². The highest BCUT2D eigenvalue weighted by Crippen LogP contribution is 2.37. The summed E-state index contributed by atoms with van der Waals surface area (Å²) in [5.74, 6) is 1.12. The van der Waals surface area contributed by atoms with Crippen LogP contribution in [0.4, 0.5) is 5.69 Å². The molecule has 0 aliphatic carbocycles. The first-order valence-corrected chi connectivity index (χ1v) is 10.8. The molecule has 8 nitrogen and oxygen atoms in total. The highest BCUT2D eigenvalue weighted by molar-refractivity contribution is 7.99. The molecule has 1 aliphatic heterocycles. The highest BCUT2D eigenvalue weighted by Gasteiger charge is 2.30. The molecule has 0 atom stereocenters. The zero-order valence-electron chi connectivity index (χ0n) is 15.3. The van der Waals surface area contributed by atoms with Crippen LogP contribution in [0.15, 0.2) is 37.6 Å². The van der Waals surface area contributed by atoms with Crippen molar-refractivity contribution in [2.24, 2.45) is 5.92 Å². The Bertz CT molecular complexity index is 943. The van der Waals surface area contributed by atoms with Crippen LogP contribution in [0.5, 0.6) is 0 Å². The Balaban J connectivity index is 1.92. The zero-order valence-corrected chi connectivity index (χ0v) is 17.0. The number of hydrogen-bond donors (Lipinski definition) is 0. The number of benzene rings is 1. The second-order valence-electron chi connectivity index (χ2n) is 6.70. The van der Waals surface area contributed by atoms with Crippen LogP contribution in [-0.2, 0) is 10.0 Å². The van der Waals surface area contributed by atoms with E-state index in [4.69, 9.17) is 4.42 Å². The first-order chi connectivity index (χ1) is 12.7. The van der Waals surface area contributed by atoms with E-state index in [0.29, 0.717) is 30.5 Å². The van der Waals surface area contributed by atoms with Crippen LogP contribution in [0.3, 0.4) is 0 Å². The quantitative estimate of drug-likeness (QED) is 0.544. The van der Waals surface area contributed by atoms with Gasteiger partial charge in [-0.3, -0.25) is 10.1 Å². The normalized spacial score (nSPS) is 16.6. The largest absolute Gasteiger partial charge is 0.436 e. The Hall–Kier alpha value is -1.91. The third kappa shape index (κ3) is 4.17. The molecule has 0 N–H and O–H groups in total. The number of rotatable bonds is 5. The number of nitro benzene ring substituents is 1. The molecule has 2 aromatic rings. The number of oxazole rings is 1. The fourth-order valence-corrected chi connectivity index (χ4v) is 5.24. The summed E-state index contributed by atoms with van der Waals surface area (Å²) < 4.78 is 32.6. The monoisotopic (exact) mass is 411 g/mol. The van der Waals surface area contributed by atoms with Crippen molar-refractivity contribution >= 4 is 27.5 Å². The predicted molar refractivity (Wildman–Crippen MR) is 100 cm³/mol. The molecule has 1 fully saturated rings. The van der Waals surface area contributed by atoms with Crippen molar-refractivity contribution in [1.29, 1.82) is 0 Å². The molecule has 2 heterocycles. The molecule has 27 heavy (non-hydrogen) atoms.